The molecule has 0 saturated carbocycles. The van der Waals surface area contributed by atoms with E-state index in [1.165, 1.54) is 0 Å². The molecule has 0 amide bonds. The van der Waals surface area contributed by atoms with Crippen LogP contribution in [0.15, 0.2) is 199 Å². The number of rotatable bonds is 14. The summed E-state index contributed by atoms with van der Waals surface area (Å²) in [5, 5.41) is 5.54. The predicted molar refractivity (Wildman–Crippen MR) is 285 cm³/mol. The average Bonchev–Trinajstić information content (AvgIpc) is 3.65. The maximum absolute atomic E-state index is 14.4. The van der Waals surface area contributed by atoms with Crippen molar-refractivity contribution in [2.45, 2.75) is 102 Å². The fourth-order valence-corrected chi connectivity index (χ4v) is 24.7. The topological polar surface area (TPSA) is 97.8 Å². The van der Waals surface area contributed by atoms with Crippen LogP contribution in [0.2, 0.25) is 15.1 Å². The fraction of sp³-hybridized carbons (Fsp3) is 0.298. The summed E-state index contributed by atoms with van der Waals surface area (Å²) in [6.07, 6.45) is -1.69. The molecule has 8 rings (SSSR count). The number of nitrogens with zero attached hydrogens (tertiary/aromatic N) is 2. The van der Waals surface area contributed by atoms with Crippen LogP contribution in [0, 0.1) is 0 Å². The summed E-state index contributed by atoms with van der Waals surface area (Å²) < 4.78 is 33.5. The minimum atomic E-state index is -3.40. The van der Waals surface area contributed by atoms with Crippen molar-refractivity contribution in [1.82, 2.24) is 9.55 Å². The van der Waals surface area contributed by atoms with Gasteiger partial charge in [0.25, 0.3) is 25.0 Å². The highest BCUT2D eigenvalue weighted by atomic mass is 28.4. The van der Waals surface area contributed by atoms with Gasteiger partial charge in [-0.05, 0) is 52.3 Å². The molecular weight excluding hydrogens is 891 g/mol. The molecule has 68 heavy (non-hydrogen) atoms. The van der Waals surface area contributed by atoms with E-state index < -0.39 is 65.3 Å². The number of aromatic nitrogens is 2. The summed E-state index contributed by atoms with van der Waals surface area (Å²) in [5.74, 6) is 0.125. The highest BCUT2D eigenvalue weighted by Crippen LogP contribution is 2.47. The number of nitrogen functional groups attached to an aromatic ring is 1. The van der Waals surface area contributed by atoms with E-state index in [9.17, 15) is 4.79 Å². The largest absolute Gasteiger partial charge is 0.405 e. The highest BCUT2D eigenvalue weighted by Gasteiger charge is 2.62. The normalized spacial score (nSPS) is 18.4. The lowest BCUT2D eigenvalue weighted by Crippen LogP contribution is -2.72. The lowest BCUT2D eigenvalue weighted by Gasteiger charge is -2.49. The van der Waals surface area contributed by atoms with E-state index in [1.54, 1.807) is 16.8 Å². The third-order valence-electron chi connectivity index (χ3n) is 13.8. The first kappa shape index (κ1) is 48.9. The predicted octanol–water partition coefficient (Wildman–Crippen LogP) is 8.19. The lowest BCUT2D eigenvalue weighted by atomic mass is 10.1. The maximum atomic E-state index is 14.4. The van der Waals surface area contributed by atoms with Crippen LogP contribution in [0.5, 0.6) is 0 Å². The number of benzene rings is 6. The van der Waals surface area contributed by atoms with E-state index in [0.717, 1.165) is 31.1 Å². The molecule has 1 aliphatic rings. The minimum Gasteiger partial charge on any atom is -0.405 e. The Hall–Kier alpha value is -5.51. The molecule has 1 fully saturated rings. The Morgan fingerprint density at radius 3 is 1.10 bits per heavy atom. The Kier molecular flexibility index (Phi) is 14.0. The zero-order chi connectivity index (χ0) is 48.4. The van der Waals surface area contributed by atoms with Gasteiger partial charge in [0.15, 0.2) is 6.23 Å². The van der Waals surface area contributed by atoms with Gasteiger partial charge in [0.1, 0.15) is 24.1 Å². The quantitative estimate of drug-likeness (QED) is 0.110. The van der Waals surface area contributed by atoms with Crippen molar-refractivity contribution < 1.29 is 18.0 Å². The molecule has 2 heterocycles. The maximum Gasteiger partial charge on any atom is 0.351 e. The van der Waals surface area contributed by atoms with E-state index in [2.05, 4.69) is 237 Å². The fourth-order valence-electron chi connectivity index (χ4n) is 10.7. The Bertz CT molecular complexity index is 2660. The van der Waals surface area contributed by atoms with Crippen molar-refractivity contribution >= 4 is 61.9 Å². The van der Waals surface area contributed by atoms with Crippen LogP contribution >= 0.6 is 0 Å². The molecule has 0 spiro atoms. The first-order valence-electron chi connectivity index (χ1n) is 23.8. The van der Waals surface area contributed by atoms with E-state index in [1.807, 2.05) is 12.1 Å². The third-order valence-corrected chi connectivity index (χ3v) is 28.8. The molecule has 2 N–H and O–H groups in total. The molecule has 4 atom stereocenters. The Labute approximate surface area is 406 Å². The second-order valence-corrected chi connectivity index (χ2v) is 33.9. The molecule has 4 unspecified atom stereocenters. The monoisotopic (exact) mass is 957 g/mol. The second-order valence-electron chi connectivity index (χ2n) is 21.1. The lowest BCUT2D eigenvalue weighted by molar-refractivity contribution is -0.0500. The summed E-state index contributed by atoms with van der Waals surface area (Å²) in [7, 11) is -9.93. The molecule has 1 saturated heterocycles. The molecule has 0 aliphatic carbocycles. The van der Waals surface area contributed by atoms with Crippen molar-refractivity contribution in [3.05, 3.63) is 205 Å². The SMILES string of the molecule is CC(C)(C)[Si](OCC1OC(n2ccc(N)nc2=O)C(O[Si](c2ccccc2)(c2ccccc2)C(C)(C)C)C1O[Si](c1ccccc1)(c1ccccc1)C(C)(C)C)(c1ccccc1)c1ccccc1. The van der Waals surface area contributed by atoms with Crippen LogP contribution in [0.25, 0.3) is 0 Å². The number of nitrogens with two attached hydrogens (primary N) is 1. The molecule has 7 aromatic rings. The number of anilines is 1. The third kappa shape index (κ3) is 8.97. The van der Waals surface area contributed by atoms with E-state index in [0.29, 0.717) is 0 Å². The van der Waals surface area contributed by atoms with E-state index in [4.69, 9.17) is 23.7 Å². The Morgan fingerprint density at radius 1 is 0.485 bits per heavy atom. The van der Waals surface area contributed by atoms with Gasteiger partial charge in [0.05, 0.1) is 6.61 Å². The summed E-state index contributed by atoms with van der Waals surface area (Å²) in [6, 6.07) is 65.5. The minimum absolute atomic E-state index is 0.125. The molecular formula is C57H67N3O5Si3. The molecule has 352 valence electrons. The molecule has 1 aromatic heterocycles. The van der Waals surface area contributed by atoms with Gasteiger partial charge in [-0.25, -0.2) is 4.79 Å². The van der Waals surface area contributed by atoms with Crippen molar-refractivity contribution in [1.29, 1.82) is 0 Å². The zero-order valence-electron chi connectivity index (χ0n) is 41.0. The van der Waals surface area contributed by atoms with Gasteiger partial charge >= 0.3 is 5.69 Å². The second kappa shape index (κ2) is 19.5. The van der Waals surface area contributed by atoms with Crippen molar-refractivity contribution in [3.63, 3.8) is 0 Å². The average molecular weight is 958 g/mol. The summed E-state index contributed by atoms with van der Waals surface area (Å²) in [5.41, 5.74) is 5.67. The van der Waals surface area contributed by atoms with Gasteiger partial charge in [-0.2, -0.15) is 4.98 Å². The van der Waals surface area contributed by atoms with Gasteiger partial charge in [-0.1, -0.05) is 244 Å². The highest BCUT2D eigenvalue weighted by molar-refractivity contribution is 7.01. The van der Waals surface area contributed by atoms with Crippen LogP contribution in [0.3, 0.4) is 0 Å². The molecule has 6 aromatic carbocycles. The van der Waals surface area contributed by atoms with Crippen LogP contribution in [-0.2, 0) is 18.0 Å². The first-order valence-corrected chi connectivity index (χ1v) is 29.5. The molecule has 1 aliphatic heterocycles. The van der Waals surface area contributed by atoms with Gasteiger partial charge in [0, 0.05) is 6.20 Å². The van der Waals surface area contributed by atoms with Crippen LogP contribution < -0.4 is 42.5 Å². The molecule has 11 heteroatoms. The Balaban J connectivity index is 1.43. The summed E-state index contributed by atoms with van der Waals surface area (Å²) >= 11 is 0. The number of hydrogen-bond acceptors (Lipinski definition) is 7. The summed E-state index contributed by atoms with van der Waals surface area (Å²) in [4.78, 5) is 18.7. The summed E-state index contributed by atoms with van der Waals surface area (Å²) in [6.45, 7) is 20.6. The van der Waals surface area contributed by atoms with E-state index >= 15 is 0 Å². The van der Waals surface area contributed by atoms with Crippen molar-refractivity contribution in [3.8, 4) is 0 Å². The first-order chi connectivity index (χ1) is 32.4. The van der Waals surface area contributed by atoms with Crippen LogP contribution in [0.4, 0.5) is 5.82 Å². The Morgan fingerprint density at radius 2 is 0.794 bits per heavy atom. The molecule has 0 bridgehead atoms. The molecule has 8 nitrogen and oxygen atoms in total. The zero-order valence-corrected chi connectivity index (χ0v) is 44.0. The van der Waals surface area contributed by atoms with Crippen LogP contribution in [-0.4, -0.2) is 59.4 Å². The van der Waals surface area contributed by atoms with Gasteiger partial charge in [-0.15, -0.1) is 0 Å². The van der Waals surface area contributed by atoms with Crippen molar-refractivity contribution in [2.75, 3.05) is 12.3 Å². The van der Waals surface area contributed by atoms with Crippen LogP contribution in [0.1, 0.15) is 68.5 Å². The van der Waals surface area contributed by atoms with Gasteiger partial charge in [0.2, 0.25) is 0 Å². The smallest absolute Gasteiger partial charge is 0.351 e. The van der Waals surface area contributed by atoms with Gasteiger partial charge in [-0.3, -0.25) is 4.57 Å². The van der Waals surface area contributed by atoms with Gasteiger partial charge < -0.3 is 23.7 Å². The van der Waals surface area contributed by atoms with Crippen molar-refractivity contribution in [2.24, 2.45) is 0 Å². The number of ether oxygens (including phenoxy) is 1. The van der Waals surface area contributed by atoms with E-state index in [-0.39, 0.29) is 17.5 Å². The number of hydrogen-bond donors (Lipinski definition) is 1. The molecule has 0 radical (unpaired) electrons. The standard InChI is InChI=1S/C57H67N3O5Si3/c1-55(2,3)66(43-28-16-10-17-29-43,44-30-18-11-19-31-44)62-42-49-51(64-67(56(4,5)6,45-32-20-12-21-33-45)46-34-22-13-23-35-46)52(53(63-49)60-41-40-50(58)59-54(60)61)65-68(57(7,8)9,47-36-24-14-25-37-47)48-38-26-15-27-39-48/h10-41,49,51-53H,42H2,1-9H3,(H2,58,59,61).